The predicted octanol–water partition coefficient (Wildman–Crippen LogP) is 0.748. The quantitative estimate of drug-likeness (QED) is 0.591. The summed E-state index contributed by atoms with van der Waals surface area (Å²) in [5, 5.41) is 0. The lowest BCUT2D eigenvalue weighted by atomic mass is 10.3. The van der Waals surface area contributed by atoms with Crippen molar-refractivity contribution in [3.8, 4) is 0 Å². The molecule has 0 radical (unpaired) electrons. The molecule has 0 bridgehead atoms. The Bertz CT molecular complexity index is 258. The third kappa shape index (κ3) is 2.24. The first-order valence-corrected chi connectivity index (χ1v) is 6.24. The van der Waals surface area contributed by atoms with Crippen molar-refractivity contribution < 1.29 is 8.95 Å². The van der Waals surface area contributed by atoms with Crippen LogP contribution in [0.5, 0.6) is 0 Å². The summed E-state index contributed by atoms with van der Waals surface area (Å²) in [6.45, 7) is 8.72. The minimum Gasteiger partial charge on any atom is -0.379 e. The second kappa shape index (κ2) is 3.59. The van der Waals surface area contributed by atoms with Crippen LogP contribution in [0.25, 0.3) is 0 Å². The molecule has 0 aromatic rings. The Morgan fingerprint density at radius 2 is 1.77 bits per heavy atom. The number of nitrogens with zero attached hydrogens (tertiary/aromatic N) is 1. The van der Waals surface area contributed by atoms with Crippen LogP contribution < -0.4 is 0 Å². The van der Waals surface area contributed by atoms with Gasteiger partial charge >= 0.3 is 0 Å². The van der Waals surface area contributed by atoms with Gasteiger partial charge in [0.15, 0.2) is 0 Å². The maximum absolute atomic E-state index is 12.3. The van der Waals surface area contributed by atoms with E-state index in [1.54, 1.807) is 0 Å². The monoisotopic (exact) mass is 205 g/mol. The molecule has 0 spiro atoms. The normalized spacial score (nSPS) is 25.5. The Labute approximate surface area is 81.2 Å². The van der Waals surface area contributed by atoms with Gasteiger partial charge in [0.05, 0.1) is 13.2 Å². The first kappa shape index (κ1) is 11.0. The van der Waals surface area contributed by atoms with E-state index in [1.165, 1.54) is 0 Å². The van der Waals surface area contributed by atoms with Crippen LogP contribution in [-0.2, 0) is 14.4 Å². The van der Waals surface area contributed by atoms with Gasteiger partial charge in [0.2, 0.25) is 0 Å². The van der Waals surface area contributed by atoms with Crippen LogP contribution in [0.4, 0.5) is 0 Å². The van der Waals surface area contributed by atoms with E-state index < -0.39 is 9.71 Å². The number of hydrogen-bond acceptors (Lipinski definition) is 2. The van der Waals surface area contributed by atoms with Crippen molar-refractivity contribution in [2.75, 3.05) is 26.3 Å². The van der Waals surface area contributed by atoms with Gasteiger partial charge in [0, 0.05) is 27.5 Å². The zero-order valence-electron chi connectivity index (χ0n) is 8.71. The highest BCUT2D eigenvalue weighted by Crippen LogP contribution is 2.20. The van der Waals surface area contributed by atoms with E-state index in [-0.39, 0.29) is 4.75 Å². The van der Waals surface area contributed by atoms with Gasteiger partial charge in [-0.15, -0.1) is 0 Å². The molecule has 1 rings (SSSR count). The Hall–Kier alpha value is -0.0600. The summed E-state index contributed by atoms with van der Waals surface area (Å²) >= 11 is 0. The SMILES string of the molecule is C=S(=O)(N1CCOCC1)C(C)(C)C. The summed E-state index contributed by atoms with van der Waals surface area (Å²) in [5.41, 5.74) is 0. The summed E-state index contributed by atoms with van der Waals surface area (Å²) in [4.78, 5) is 0. The fourth-order valence-electron chi connectivity index (χ4n) is 1.23. The predicted molar refractivity (Wildman–Crippen MR) is 57.4 cm³/mol. The molecule has 1 atom stereocenters. The fourth-order valence-corrected chi connectivity index (χ4v) is 2.74. The van der Waals surface area contributed by atoms with Gasteiger partial charge in [-0.1, -0.05) is 0 Å². The van der Waals surface area contributed by atoms with Gasteiger partial charge in [-0.05, 0) is 26.6 Å². The number of morpholine rings is 1. The zero-order chi connectivity index (χ0) is 10.1. The molecule has 0 aromatic carbocycles. The van der Waals surface area contributed by atoms with Gasteiger partial charge in [-0.2, -0.15) is 0 Å². The molecule has 1 saturated heterocycles. The lowest BCUT2D eigenvalue weighted by Crippen LogP contribution is -2.47. The number of rotatable bonds is 1. The van der Waals surface area contributed by atoms with Crippen LogP contribution in [0.1, 0.15) is 20.8 Å². The van der Waals surface area contributed by atoms with E-state index >= 15 is 0 Å². The molecule has 13 heavy (non-hydrogen) atoms. The first-order valence-electron chi connectivity index (χ1n) is 4.55. The standard InChI is InChI=1S/C9H19NO2S/c1-9(2,3)13(4,11)10-5-7-12-8-6-10/h4-8H2,1-3H3. The molecule has 0 amide bonds. The molecule has 0 aromatic heterocycles. The molecule has 3 nitrogen and oxygen atoms in total. The molecule has 1 fully saturated rings. The Morgan fingerprint density at radius 3 is 2.15 bits per heavy atom. The highest BCUT2D eigenvalue weighted by Gasteiger charge is 2.30. The Balaban J connectivity index is 2.80. The van der Waals surface area contributed by atoms with Gasteiger partial charge in [-0.25, -0.2) is 4.31 Å². The Morgan fingerprint density at radius 1 is 1.31 bits per heavy atom. The second-order valence-corrected chi connectivity index (χ2v) is 7.32. The summed E-state index contributed by atoms with van der Waals surface area (Å²) in [5.74, 6) is 3.86. The van der Waals surface area contributed by atoms with E-state index in [1.807, 2.05) is 25.1 Å². The van der Waals surface area contributed by atoms with E-state index in [4.69, 9.17) is 4.74 Å². The van der Waals surface area contributed by atoms with E-state index in [9.17, 15) is 4.21 Å². The summed E-state index contributed by atoms with van der Waals surface area (Å²) in [6.07, 6.45) is 0. The number of hydrogen-bond donors (Lipinski definition) is 0. The average Bonchev–Trinajstić information content (AvgIpc) is 2.04. The summed E-state index contributed by atoms with van der Waals surface area (Å²) < 4.78 is 19.2. The molecule has 0 saturated carbocycles. The van der Waals surface area contributed by atoms with Gasteiger partial charge in [-0.3, -0.25) is 4.21 Å². The molecule has 0 aliphatic carbocycles. The van der Waals surface area contributed by atoms with Crippen molar-refractivity contribution in [2.24, 2.45) is 0 Å². The van der Waals surface area contributed by atoms with E-state index in [2.05, 4.69) is 5.87 Å². The van der Waals surface area contributed by atoms with Crippen LogP contribution in [0.15, 0.2) is 0 Å². The maximum atomic E-state index is 12.3. The van der Waals surface area contributed by atoms with Crippen molar-refractivity contribution >= 4 is 15.6 Å². The van der Waals surface area contributed by atoms with Crippen LogP contribution >= 0.6 is 0 Å². The van der Waals surface area contributed by atoms with Crippen LogP contribution in [0, 0.1) is 0 Å². The van der Waals surface area contributed by atoms with Crippen molar-refractivity contribution in [3.63, 3.8) is 0 Å². The lowest BCUT2D eigenvalue weighted by Gasteiger charge is -2.36. The lowest BCUT2D eigenvalue weighted by molar-refractivity contribution is 0.0742. The smallest absolute Gasteiger partial charge is 0.0604 e. The average molecular weight is 205 g/mol. The first-order chi connectivity index (χ1) is 5.86. The van der Waals surface area contributed by atoms with Gasteiger partial charge in [0.25, 0.3) is 0 Å². The van der Waals surface area contributed by atoms with Crippen molar-refractivity contribution in [1.29, 1.82) is 0 Å². The van der Waals surface area contributed by atoms with Crippen LogP contribution in [-0.4, -0.2) is 45.4 Å². The maximum Gasteiger partial charge on any atom is 0.0604 e. The molecule has 1 aliphatic rings. The van der Waals surface area contributed by atoms with E-state index in [0.29, 0.717) is 13.2 Å². The molecule has 4 heteroatoms. The highest BCUT2D eigenvalue weighted by molar-refractivity contribution is 7.99. The highest BCUT2D eigenvalue weighted by atomic mass is 32.2. The summed E-state index contributed by atoms with van der Waals surface area (Å²) in [7, 11) is -2.15. The molecule has 0 N–H and O–H groups in total. The number of ether oxygens (including phenoxy) is 1. The van der Waals surface area contributed by atoms with E-state index in [0.717, 1.165) is 13.1 Å². The molecule has 78 valence electrons. The zero-order valence-corrected chi connectivity index (χ0v) is 9.52. The minimum atomic E-state index is -2.15. The van der Waals surface area contributed by atoms with Crippen LogP contribution in [0.3, 0.4) is 0 Å². The molecule has 1 heterocycles. The molecular weight excluding hydrogens is 186 g/mol. The molecule has 1 aliphatic heterocycles. The largest absolute Gasteiger partial charge is 0.379 e. The third-order valence-electron chi connectivity index (χ3n) is 2.34. The fraction of sp³-hybridized carbons (Fsp3) is 0.889. The van der Waals surface area contributed by atoms with Crippen molar-refractivity contribution in [1.82, 2.24) is 4.31 Å². The van der Waals surface area contributed by atoms with Crippen molar-refractivity contribution in [2.45, 2.75) is 25.5 Å². The molecular formula is C9H19NO2S. The minimum absolute atomic E-state index is 0.260. The van der Waals surface area contributed by atoms with Gasteiger partial charge in [0.1, 0.15) is 0 Å². The Kier molecular flexibility index (Phi) is 3.05. The third-order valence-corrected chi connectivity index (χ3v) is 5.46. The molecule has 1 unspecified atom stereocenters. The second-order valence-electron chi connectivity index (χ2n) is 4.29. The van der Waals surface area contributed by atoms with Crippen molar-refractivity contribution in [3.05, 3.63) is 0 Å². The summed E-state index contributed by atoms with van der Waals surface area (Å²) in [6, 6.07) is 0. The van der Waals surface area contributed by atoms with Gasteiger partial charge < -0.3 is 4.74 Å². The topological polar surface area (TPSA) is 29.5 Å². The van der Waals surface area contributed by atoms with Crippen LogP contribution in [0.2, 0.25) is 0 Å².